The van der Waals surface area contributed by atoms with Gasteiger partial charge in [-0.3, -0.25) is 4.79 Å². The summed E-state index contributed by atoms with van der Waals surface area (Å²) in [7, 11) is 0. The van der Waals surface area contributed by atoms with Crippen LogP contribution in [0.3, 0.4) is 0 Å². The zero-order valence-corrected chi connectivity index (χ0v) is 22.1. The van der Waals surface area contributed by atoms with Gasteiger partial charge in [-0.05, 0) is 19.3 Å². The van der Waals surface area contributed by atoms with E-state index in [2.05, 4.69) is 0 Å². The lowest BCUT2D eigenvalue weighted by atomic mass is 9.76. The minimum Gasteiger partial charge on any atom is -0.391 e. The molecule has 0 amide bonds. The number of ketones is 1. The van der Waals surface area contributed by atoms with Gasteiger partial charge in [0.05, 0.1) is 18.2 Å². The van der Waals surface area contributed by atoms with Crippen LogP contribution in [0, 0.1) is 5.92 Å². The average Bonchev–Trinajstić information content (AvgIpc) is 3.21. The normalized spacial score (nSPS) is 44.9. The molecule has 2 heterocycles. The van der Waals surface area contributed by atoms with E-state index in [1.807, 2.05) is 0 Å². The van der Waals surface area contributed by atoms with Gasteiger partial charge in [0, 0.05) is 24.6 Å². The van der Waals surface area contributed by atoms with Crippen LogP contribution in [0.25, 0.3) is 0 Å². The first-order chi connectivity index (χ1) is 18.9. The summed E-state index contributed by atoms with van der Waals surface area (Å²) in [5.41, 5.74) is 18.6. The monoisotopic (exact) mass is 571 g/mol. The Hall–Kier alpha value is -1.63. The van der Waals surface area contributed by atoms with E-state index < -0.39 is 91.6 Å². The molecule has 1 aromatic rings. The van der Waals surface area contributed by atoms with Gasteiger partial charge >= 0.3 is 0 Å². The van der Waals surface area contributed by atoms with Crippen molar-refractivity contribution in [3.05, 3.63) is 35.9 Å². The number of aliphatic hydroxyl groups excluding tert-OH is 6. The van der Waals surface area contributed by atoms with Gasteiger partial charge in [-0.25, -0.2) is 0 Å². The number of carbonyl (C=O) groups excluding carboxylic acids is 1. The van der Waals surface area contributed by atoms with E-state index in [1.165, 1.54) is 6.92 Å². The lowest BCUT2D eigenvalue weighted by molar-refractivity contribution is -0.317. The van der Waals surface area contributed by atoms with Crippen LogP contribution < -0.4 is 17.2 Å². The van der Waals surface area contributed by atoms with Gasteiger partial charge in [0.2, 0.25) is 0 Å². The summed E-state index contributed by atoms with van der Waals surface area (Å²) in [6, 6.07) is 6.43. The summed E-state index contributed by atoms with van der Waals surface area (Å²) in [6.07, 6.45) is -15.8. The van der Waals surface area contributed by atoms with Crippen molar-refractivity contribution in [2.24, 2.45) is 23.1 Å². The van der Waals surface area contributed by atoms with E-state index >= 15 is 0 Å². The minimum atomic E-state index is -1.51. The SMILES string of the molecule is C[C@@H](O)C1O[C@H](O[C@@H]2C(N)C[C@@H](CC(=O)c3ccccc3)C(O)[C@H]2O[C@@H]2O[C@H](CN)[C@H](O)C2O)C(N)[C@@H](O)[C@@H]1O. The highest BCUT2D eigenvalue weighted by Crippen LogP contribution is 2.36. The van der Waals surface area contributed by atoms with E-state index in [9.17, 15) is 35.4 Å². The van der Waals surface area contributed by atoms with Crippen molar-refractivity contribution >= 4 is 5.78 Å². The maximum absolute atomic E-state index is 13.0. The molecular formula is C26H41N3O11. The fourth-order valence-corrected chi connectivity index (χ4v) is 5.61. The molecule has 15 atom stereocenters. The van der Waals surface area contributed by atoms with Crippen LogP contribution in [0.5, 0.6) is 0 Å². The molecule has 3 aliphatic rings. The van der Waals surface area contributed by atoms with Crippen molar-refractivity contribution in [2.75, 3.05) is 6.54 Å². The Morgan fingerprint density at radius 3 is 2.17 bits per heavy atom. The highest BCUT2D eigenvalue weighted by Gasteiger charge is 2.53. The number of hydrogen-bond acceptors (Lipinski definition) is 14. The van der Waals surface area contributed by atoms with Gasteiger partial charge in [0.25, 0.3) is 0 Å². The largest absolute Gasteiger partial charge is 0.391 e. The predicted octanol–water partition coefficient (Wildman–Crippen LogP) is -3.70. The predicted molar refractivity (Wildman–Crippen MR) is 137 cm³/mol. The molecule has 40 heavy (non-hydrogen) atoms. The van der Waals surface area contributed by atoms with Crippen molar-refractivity contribution in [1.82, 2.24) is 0 Å². The summed E-state index contributed by atoms with van der Waals surface area (Å²) < 4.78 is 23.3. The van der Waals surface area contributed by atoms with Crippen LogP contribution >= 0.6 is 0 Å². The fraction of sp³-hybridized carbons (Fsp3) is 0.731. The minimum absolute atomic E-state index is 0.0674. The van der Waals surface area contributed by atoms with Gasteiger partial charge in [-0.1, -0.05) is 30.3 Å². The van der Waals surface area contributed by atoms with Crippen LogP contribution in [-0.2, 0) is 18.9 Å². The average molecular weight is 572 g/mol. The maximum atomic E-state index is 13.0. The van der Waals surface area contributed by atoms with Crippen molar-refractivity contribution in [3.8, 4) is 0 Å². The first-order valence-electron chi connectivity index (χ1n) is 13.4. The summed E-state index contributed by atoms with van der Waals surface area (Å²) in [4.78, 5) is 13.0. The number of carbonyl (C=O) groups is 1. The van der Waals surface area contributed by atoms with Gasteiger partial charge in [-0.15, -0.1) is 0 Å². The van der Waals surface area contributed by atoms with Crippen LogP contribution in [0.4, 0.5) is 0 Å². The lowest BCUT2D eigenvalue weighted by Crippen LogP contribution is -2.67. The Morgan fingerprint density at radius 2 is 1.57 bits per heavy atom. The third-order valence-corrected chi connectivity index (χ3v) is 7.98. The van der Waals surface area contributed by atoms with E-state index in [0.717, 1.165) is 0 Å². The van der Waals surface area contributed by atoms with Gasteiger partial charge < -0.3 is 66.8 Å². The van der Waals surface area contributed by atoms with E-state index in [0.29, 0.717) is 5.56 Å². The Morgan fingerprint density at radius 1 is 0.925 bits per heavy atom. The Labute approximate surface area is 231 Å². The zero-order chi connectivity index (χ0) is 29.3. The van der Waals surface area contributed by atoms with Crippen LogP contribution in [0.2, 0.25) is 0 Å². The standard InChI is InChI=1S/C26H41N3O11/c1-10(30)22-20(35)19(34)16(29)25(38-22)39-23-13(28)7-12(8-14(31)11-5-3-2-4-6-11)17(32)24(23)40-26-21(36)18(33)15(9-27)37-26/h2-6,10,12-13,15-26,30,32-36H,7-9,27-29H2,1H3/t10-,12+,13?,15-,16?,17?,18+,19-,20+,21?,22?,23-,24-,25-,26+/m1/s1. The first-order valence-corrected chi connectivity index (χ1v) is 13.4. The Balaban J connectivity index is 1.58. The smallest absolute Gasteiger partial charge is 0.187 e. The van der Waals surface area contributed by atoms with E-state index in [4.69, 9.17) is 36.1 Å². The molecule has 1 saturated carbocycles. The van der Waals surface area contributed by atoms with Crippen molar-refractivity contribution in [2.45, 2.75) is 105 Å². The van der Waals surface area contributed by atoms with Gasteiger partial charge in [0.1, 0.15) is 48.8 Å². The molecule has 3 fully saturated rings. The van der Waals surface area contributed by atoms with Crippen LogP contribution in [0.1, 0.15) is 30.1 Å². The number of benzene rings is 1. The molecule has 1 aromatic carbocycles. The summed E-state index contributed by atoms with van der Waals surface area (Å²) >= 11 is 0. The Kier molecular flexibility index (Phi) is 10.3. The molecule has 2 aliphatic heterocycles. The number of aliphatic hydroxyl groups is 6. The second kappa shape index (κ2) is 13.1. The Bertz CT molecular complexity index is 974. The molecule has 0 bridgehead atoms. The molecule has 0 radical (unpaired) electrons. The van der Waals surface area contributed by atoms with E-state index in [-0.39, 0.29) is 25.2 Å². The second-order valence-corrected chi connectivity index (χ2v) is 10.9. The third-order valence-electron chi connectivity index (χ3n) is 7.98. The van der Waals surface area contributed by atoms with Crippen LogP contribution in [-0.4, -0.2) is 129 Å². The van der Waals surface area contributed by atoms with Gasteiger partial charge in [-0.2, -0.15) is 0 Å². The third kappa shape index (κ3) is 6.39. The van der Waals surface area contributed by atoms with Gasteiger partial charge in [0.15, 0.2) is 18.4 Å². The second-order valence-electron chi connectivity index (χ2n) is 10.9. The molecule has 14 nitrogen and oxygen atoms in total. The number of Topliss-reactive ketones (excluding diaryl/α,β-unsaturated/α-hetero) is 1. The highest BCUT2D eigenvalue weighted by atomic mass is 16.7. The number of nitrogens with two attached hydrogens (primary N) is 3. The molecular weight excluding hydrogens is 530 g/mol. The van der Waals surface area contributed by atoms with Crippen molar-refractivity contribution in [1.29, 1.82) is 0 Å². The molecule has 5 unspecified atom stereocenters. The molecule has 2 saturated heterocycles. The number of hydrogen-bond donors (Lipinski definition) is 9. The summed E-state index contributed by atoms with van der Waals surface area (Å²) in [5, 5.41) is 63.0. The summed E-state index contributed by atoms with van der Waals surface area (Å²) in [6.45, 7) is 1.26. The number of rotatable bonds is 9. The quantitative estimate of drug-likeness (QED) is 0.129. The first kappa shape index (κ1) is 31.3. The topological polar surface area (TPSA) is 253 Å². The maximum Gasteiger partial charge on any atom is 0.187 e. The zero-order valence-electron chi connectivity index (χ0n) is 22.1. The molecule has 4 rings (SSSR count). The van der Waals surface area contributed by atoms with Crippen LogP contribution in [0.15, 0.2) is 30.3 Å². The molecule has 226 valence electrons. The molecule has 12 N–H and O–H groups in total. The molecule has 0 spiro atoms. The van der Waals surface area contributed by atoms with E-state index in [1.54, 1.807) is 30.3 Å². The highest BCUT2D eigenvalue weighted by molar-refractivity contribution is 5.96. The number of ether oxygens (including phenoxy) is 4. The lowest BCUT2D eigenvalue weighted by Gasteiger charge is -2.48. The molecule has 1 aliphatic carbocycles. The molecule has 0 aromatic heterocycles. The van der Waals surface area contributed by atoms with Crippen molar-refractivity contribution in [3.63, 3.8) is 0 Å². The molecule has 14 heteroatoms. The fourth-order valence-electron chi connectivity index (χ4n) is 5.61. The van der Waals surface area contributed by atoms with Crippen molar-refractivity contribution < 1.29 is 54.4 Å². The summed E-state index contributed by atoms with van der Waals surface area (Å²) in [5.74, 6) is -0.903.